The fraction of sp³-hybridized carbons (Fsp3) is 0.214. The Kier molecular flexibility index (Phi) is 3.15. The van der Waals surface area contributed by atoms with Gasteiger partial charge < -0.3 is 15.2 Å². The maximum Gasteiger partial charge on any atom is 0.250 e. The van der Waals surface area contributed by atoms with Gasteiger partial charge in [0.05, 0.1) is 10.5 Å². The number of amides is 1. The molecule has 4 nitrogen and oxygen atoms in total. The first-order valence-corrected chi connectivity index (χ1v) is 6.91. The lowest BCUT2D eigenvalue weighted by Crippen LogP contribution is -2.30. The average molecular weight is 310 g/mol. The highest BCUT2D eigenvalue weighted by Crippen LogP contribution is 2.30. The summed E-state index contributed by atoms with van der Waals surface area (Å²) in [7, 11) is 1.71. The first-order chi connectivity index (χ1) is 9.47. The van der Waals surface area contributed by atoms with E-state index in [9.17, 15) is 4.79 Å². The van der Waals surface area contributed by atoms with Gasteiger partial charge in [-0.2, -0.15) is 0 Å². The van der Waals surface area contributed by atoms with Crippen molar-refractivity contribution >= 4 is 40.0 Å². The molecule has 0 radical (unpaired) electrons. The van der Waals surface area contributed by atoms with E-state index in [-0.39, 0.29) is 11.9 Å². The van der Waals surface area contributed by atoms with Gasteiger partial charge in [-0.3, -0.25) is 4.79 Å². The minimum atomic E-state index is -0.302. The van der Waals surface area contributed by atoms with Crippen LogP contribution in [0.2, 0.25) is 10.0 Å². The molecule has 0 bridgehead atoms. The number of halogens is 2. The number of carbonyl (C=O) groups excluding carboxylic acids is 1. The van der Waals surface area contributed by atoms with Gasteiger partial charge in [0.15, 0.2) is 0 Å². The van der Waals surface area contributed by atoms with Gasteiger partial charge >= 0.3 is 0 Å². The van der Waals surface area contributed by atoms with Crippen molar-refractivity contribution in [1.82, 2.24) is 15.2 Å². The standard InChI is InChI=1S/C14H13Cl2N3O/c1-7-18-12(14(20)19(7)2)3-8-6-17-13-10(8)4-9(15)5-11(13)16/h4-6,12,17-18H,1,3H2,2H3/t12-/m1/s1. The molecule has 0 aliphatic carbocycles. The summed E-state index contributed by atoms with van der Waals surface area (Å²) in [5.74, 6) is 0.633. The second-order valence-corrected chi connectivity index (χ2v) is 5.71. The Labute approximate surface area is 126 Å². The monoisotopic (exact) mass is 309 g/mol. The lowest BCUT2D eigenvalue weighted by atomic mass is 10.1. The summed E-state index contributed by atoms with van der Waals surface area (Å²) in [5.41, 5.74) is 1.84. The molecule has 1 aliphatic heterocycles. The highest BCUT2D eigenvalue weighted by molar-refractivity contribution is 6.38. The summed E-state index contributed by atoms with van der Waals surface area (Å²) >= 11 is 12.2. The van der Waals surface area contributed by atoms with Crippen LogP contribution in [0.5, 0.6) is 0 Å². The topological polar surface area (TPSA) is 48.1 Å². The van der Waals surface area contributed by atoms with Crippen molar-refractivity contribution in [3.8, 4) is 0 Å². The molecule has 6 heteroatoms. The minimum Gasteiger partial charge on any atom is -0.360 e. The normalized spacial score (nSPS) is 18.9. The summed E-state index contributed by atoms with van der Waals surface area (Å²) in [4.78, 5) is 16.7. The molecule has 0 spiro atoms. The average Bonchev–Trinajstić information content (AvgIpc) is 2.88. The number of benzene rings is 1. The van der Waals surface area contributed by atoms with Crippen LogP contribution in [0.25, 0.3) is 10.9 Å². The Hall–Kier alpha value is -1.65. The molecule has 20 heavy (non-hydrogen) atoms. The Morgan fingerprint density at radius 2 is 2.15 bits per heavy atom. The number of hydrogen-bond donors (Lipinski definition) is 2. The summed E-state index contributed by atoms with van der Waals surface area (Å²) in [6.45, 7) is 3.80. The third kappa shape index (κ3) is 2.05. The van der Waals surface area contributed by atoms with Gasteiger partial charge in [0, 0.05) is 30.1 Å². The number of nitrogens with zero attached hydrogens (tertiary/aromatic N) is 1. The number of aromatic amines is 1. The zero-order chi connectivity index (χ0) is 14.4. The molecule has 3 rings (SSSR count). The van der Waals surface area contributed by atoms with Gasteiger partial charge in [-0.05, 0) is 17.7 Å². The van der Waals surface area contributed by atoms with Gasteiger partial charge in [-0.25, -0.2) is 0 Å². The number of hydrogen-bond acceptors (Lipinski definition) is 2. The van der Waals surface area contributed by atoms with Crippen molar-refractivity contribution in [1.29, 1.82) is 0 Å². The van der Waals surface area contributed by atoms with E-state index in [0.29, 0.717) is 22.3 Å². The quantitative estimate of drug-likeness (QED) is 0.896. The van der Waals surface area contributed by atoms with Gasteiger partial charge in [0.1, 0.15) is 11.9 Å². The number of fused-ring (bicyclic) bond motifs is 1. The second-order valence-electron chi connectivity index (χ2n) is 4.87. The van der Waals surface area contributed by atoms with Crippen LogP contribution in [-0.4, -0.2) is 28.9 Å². The third-order valence-corrected chi connectivity index (χ3v) is 4.11. The minimum absolute atomic E-state index is 0.0116. The van der Waals surface area contributed by atoms with Crippen LogP contribution in [-0.2, 0) is 11.2 Å². The fourth-order valence-electron chi connectivity index (χ4n) is 2.46. The van der Waals surface area contributed by atoms with E-state index in [4.69, 9.17) is 23.2 Å². The van der Waals surface area contributed by atoms with Crippen LogP contribution in [0.3, 0.4) is 0 Å². The smallest absolute Gasteiger partial charge is 0.250 e. The van der Waals surface area contributed by atoms with Crippen LogP contribution >= 0.6 is 23.2 Å². The highest BCUT2D eigenvalue weighted by atomic mass is 35.5. The van der Waals surface area contributed by atoms with Crippen molar-refractivity contribution in [3.63, 3.8) is 0 Å². The van der Waals surface area contributed by atoms with E-state index in [2.05, 4.69) is 16.9 Å². The number of nitrogens with one attached hydrogen (secondary N) is 2. The molecule has 1 aromatic carbocycles. The number of rotatable bonds is 2. The number of aromatic nitrogens is 1. The van der Waals surface area contributed by atoms with Crippen molar-refractivity contribution < 1.29 is 4.79 Å². The van der Waals surface area contributed by atoms with E-state index < -0.39 is 0 Å². The molecule has 1 saturated heterocycles. The Bertz CT molecular complexity index is 723. The van der Waals surface area contributed by atoms with Gasteiger partial charge in [-0.15, -0.1) is 0 Å². The SMILES string of the molecule is C=C1N[C@H](Cc2c[nH]c3c(Cl)cc(Cl)cc23)C(=O)N1C. The van der Waals surface area contributed by atoms with Crippen LogP contribution in [0.4, 0.5) is 0 Å². The van der Waals surface area contributed by atoms with E-state index in [1.165, 1.54) is 4.90 Å². The number of likely N-dealkylation sites (N-methyl/N-ethyl adjacent to an activating group) is 1. The Morgan fingerprint density at radius 3 is 2.80 bits per heavy atom. The number of carbonyl (C=O) groups is 1. The Balaban J connectivity index is 1.96. The molecule has 0 unspecified atom stereocenters. The fourth-order valence-corrected chi connectivity index (χ4v) is 3.01. The van der Waals surface area contributed by atoms with Crippen molar-refractivity contribution in [2.45, 2.75) is 12.5 Å². The molecule has 0 saturated carbocycles. The second kappa shape index (κ2) is 4.72. The molecule has 2 heterocycles. The molecular weight excluding hydrogens is 297 g/mol. The summed E-state index contributed by atoms with van der Waals surface area (Å²) in [5, 5.41) is 5.18. The predicted molar refractivity (Wildman–Crippen MR) is 80.9 cm³/mol. The molecule has 104 valence electrons. The lowest BCUT2D eigenvalue weighted by Gasteiger charge is -2.08. The molecule has 1 amide bonds. The van der Waals surface area contributed by atoms with Crippen molar-refractivity contribution in [2.24, 2.45) is 0 Å². The zero-order valence-electron chi connectivity index (χ0n) is 10.8. The zero-order valence-corrected chi connectivity index (χ0v) is 12.3. The first kappa shape index (κ1) is 13.3. The van der Waals surface area contributed by atoms with E-state index >= 15 is 0 Å². The van der Waals surface area contributed by atoms with Crippen LogP contribution in [0.15, 0.2) is 30.7 Å². The first-order valence-electron chi connectivity index (χ1n) is 6.15. The maximum absolute atomic E-state index is 12.1. The predicted octanol–water partition coefficient (Wildman–Crippen LogP) is 2.92. The van der Waals surface area contributed by atoms with Gasteiger partial charge in [-0.1, -0.05) is 29.8 Å². The maximum atomic E-state index is 12.1. The summed E-state index contributed by atoms with van der Waals surface area (Å²) < 4.78 is 0. The molecule has 1 aliphatic rings. The summed E-state index contributed by atoms with van der Waals surface area (Å²) in [6, 6.07) is 3.25. The Morgan fingerprint density at radius 1 is 1.40 bits per heavy atom. The molecule has 1 aromatic heterocycles. The lowest BCUT2D eigenvalue weighted by molar-refractivity contribution is -0.127. The largest absolute Gasteiger partial charge is 0.360 e. The molecule has 2 N–H and O–H groups in total. The van der Waals surface area contributed by atoms with Crippen LogP contribution < -0.4 is 5.32 Å². The van der Waals surface area contributed by atoms with E-state index in [1.54, 1.807) is 13.1 Å². The van der Waals surface area contributed by atoms with Gasteiger partial charge in [0.25, 0.3) is 5.91 Å². The number of H-pyrrole nitrogens is 1. The van der Waals surface area contributed by atoms with Crippen molar-refractivity contribution in [3.05, 3.63) is 46.3 Å². The van der Waals surface area contributed by atoms with Crippen LogP contribution in [0, 0.1) is 0 Å². The van der Waals surface area contributed by atoms with Crippen molar-refractivity contribution in [2.75, 3.05) is 7.05 Å². The highest BCUT2D eigenvalue weighted by Gasteiger charge is 2.31. The van der Waals surface area contributed by atoms with Crippen LogP contribution in [0.1, 0.15) is 5.56 Å². The van der Waals surface area contributed by atoms with E-state index in [0.717, 1.165) is 16.5 Å². The molecule has 2 aromatic rings. The third-order valence-electron chi connectivity index (χ3n) is 3.59. The molecule has 1 atom stereocenters. The molecular formula is C14H13Cl2N3O. The van der Waals surface area contributed by atoms with Gasteiger partial charge in [0.2, 0.25) is 0 Å². The van der Waals surface area contributed by atoms with E-state index in [1.807, 2.05) is 12.3 Å². The molecule has 1 fully saturated rings. The summed E-state index contributed by atoms with van der Waals surface area (Å²) in [6.07, 6.45) is 2.42.